The molecule has 0 radical (unpaired) electrons. The summed E-state index contributed by atoms with van der Waals surface area (Å²) in [5.41, 5.74) is 1.33. The Labute approximate surface area is 110 Å². The molecule has 19 heavy (non-hydrogen) atoms. The number of carbonyl (C=O) groups is 2. The predicted octanol–water partition coefficient (Wildman–Crippen LogP) is 1.80. The maximum Gasteiger partial charge on any atom is 0.315 e. The molecule has 0 aliphatic rings. The van der Waals surface area contributed by atoms with Crippen molar-refractivity contribution in [1.82, 2.24) is 10.6 Å². The molecule has 0 saturated carbocycles. The number of carboxylic acids is 1. The van der Waals surface area contributed by atoms with Crippen molar-refractivity contribution in [3.8, 4) is 0 Å². The van der Waals surface area contributed by atoms with Gasteiger partial charge in [0.15, 0.2) is 0 Å². The zero-order valence-electron chi connectivity index (χ0n) is 10.7. The maximum atomic E-state index is 13.0. The second kappa shape index (κ2) is 7.35. The molecule has 0 unspecified atom stereocenters. The summed E-state index contributed by atoms with van der Waals surface area (Å²) in [6.07, 6.45) is 0.413. The SMILES string of the molecule is Cc1cc(CNC(=O)NCCCC(=O)O)ccc1F. The van der Waals surface area contributed by atoms with Gasteiger partial charge in [-0.15, -0.1) is 0 Å². The minimum Gasteiger partial charge on any atom is -0.481 e. The Morgan fingerprint density at radius 1 is 1.32 bits per heavy atom. The number of benzene rings is 1. The van der Waals surface area contributed by atoms with Crippen LogP contribution in [0.1, 0.15) is 24.0 Å². The standard InChI is InChI=1S/C13H17FN2O3/c1-9-7-10(4-5-11(9)14)8-16-13(19)15-6-2-3-12(17)18/h4-5,7H,2-3,6,8H2,1H3,(H,17,18)(H2,15,16,19). The van der Waals surface area contributed by atoms with Gasteiger partial charge in [-0.25, -0.2) is 9.18 Å². The molecule has 5 nitrogen and oxygen atoms in total. The Bertz CT molecular complexity index is 463. The molecule has 3 N–H and O–H groups in total. The average molecular weight is 268 g/mol. The molecule has 0 atom stereocenters. The Morgan fingerprint density at radius 3 is 2.68 bits per heavy atom. The van der Waals surface area contributed by atoms with Gasteiger partial charge in [0.2, 0.25) is 0 Å². The van der Waals surface area contributed by atoms with Gasteiger partial charge in [0.05, 0.1) is 0 Å². The third-order valence-corrected chi connectivity index (χ3v) is 2.53. The highest BCUT2D eigenvalue weighted by molar-refractivity contribution is 5.73. The van der Waals surface area contributed by atoms with E-state index in [0.717, 1.165) is 5.56 Å². The fourth-order valence-electron chi connectivity index (χ4n) is 1.50. The van der Waals surface area contributed by atoms with Crippen molar-refractivity contribution in [1.29, 1.82) is 0 Å². The van der Waals surface area contributed by atoms with Crippen molar-refractivity contribution in [2.24, 2.45) is 0 Å². The number of carboxylic acid groups (broad SMARTS) is 1. The van der Waals surface area contributed by atoms with Gasteiger partial charge in [-0.05, 0) is 30.5 Å². The average Bonchev–Trinajstić information content (AvgIpc) is 2.36. The van der Waals surface area contributed by atoms with Crippen LogP contribution in [0.3, 0.4) is 0 Å². The van der Waals surface area contributed by atoms with Crippen LogP contribution in [0.25, 0.3) is 0 Å². The highest BCUT2D eigenvalue weighted by Crippen LogP contribution is 2.08. The van der Waals surface area contributed by atoms with E-state index in [2.05, 4.69) is 10.6 Å². The van der Waals surface area contributed by atoms with Gasteiger partial charge >= 0.3 is 12.0 Å². The zero-order valence-corrected chi connectivity index (χ0v) is 10.7. The molecule has 2 amide bonds. The van der Waals surface area contributed by atoms with Crippen molar-refractivity contribution in [3.05, 3.63) is 35.1 Å². The van der Waals surface area contributed by atoms with Gasteiger partial charge in [-0.1, -0.05) is 12.1 Å². The number of aryl methyl sites for hydroxylation is 1. The van der Waals surface area contributed by atoms with E-state index in [-0.39, 0.29) is 18.3 Å². The van der Waals surface area contributed by atoms with Crippen LogP contribution in [0.5, 0.6) is 0 Å². The fraction of sp³-hybridized carbons (Fsp3) is 0.385. The van der Waals surface area contributed by atoms with Crippen molar-refractivity contribution < 1.29 is 19.1 Å². The summed E-state index contributed by atoms with van der Waals surface area (Å²) in [5, 5.41) is 13.6. The topological polar surface area (TPSA) is 78.4 Å². The second-order valence-electron chi connectivity index (χ2n) is 4.19. The molecule has 0 aromatic heterocycles. The quantitative estimate of drug-likeness (QED) is 0.688. The first-order valence-corrected chi connectivity index (χ1v) is 5.97. The smallest absolute Gasteiger partial charge is 0.315 e. The number of hydrogen-bond acceptors (Lipinski definition) is 2. The van der Waals surface area contributed by atoms with Crippen LogP contribution in [0.2, 0.25) is 0 Å². The predicted molar refractivity (Wildman–Crippen MR) is 68.2 cm³/mol. The van der Waals surface area contributed by atoms with E-state index in [1.807, 2.05) is 0 Å². The van der Waals surface area contributed by atoms with E-state index in [9.17, 15) is 14.0 Å². The summed E-state index contributed by atoms with van der Waals surface area (Å²) < 4.78 is 13.0. The van der Waals surface area contributed by atoms with Gasteiger partial charge in [-0.3, -0.25) is 4.79 Å². The van der Waals surface area contributed by atoms with Crippen LogP contribution in [0.4, 0.5) is 9.18 Å². The second-order valence-corrected chi connectivity index (χ2v) is 4.19. The lowest BCUT2D eigenvalue weighted by molar-refractivity contribution is -0.137. The number of rotatable bonds is 6. The summed E-state index contributed by atoms with van der Waals surface area (Å²) in [5.74, 6) is -1.16. The molecular weight excluding hydrogens is 251 g/mol. The Morgan fingerprint density at radius 2 is 2.05 bits per heavy atom. The number of halogens is 1. The van der Waals surface area contributed by atoms with Gasteiger partial charge < -0.3 is 15.7 Å². The first-order valence-electron chi connectivity index (χ1n) is 5.97. The van der Waals surface area contributed by atoms with Gasteiger partial charge in [0, 0.05) is 19.5 Å². The number of aliphatic carboxylic acids is 1. The highest BCUT2D eigenvalue weighted by Gasteiger charge is 2.03. The van der Waals surface area contributed by atoms with Crippen LogP contribution in [-0.4, -0.2) is 23.7 Å². The minimum atomic E-state index is -0.885. The highest BCUT2D eigenvalue weighted by atomic mass is 19.1. The molecule has 0 aliphatic heterocycles. The molecule has 0 bridgehead atoms. The van der Waals surface area contributed by atoms with Crippen molar-refractivity contribution >= 4 is 12.0 Å². The number of carbonyl (C=O) groups excluding carboxylic acids is 1. The molecule has 104 valence electrons. The third kappa shape index (κ3) is 5.85. The normalized spacial score (nSPS) is 10.0. The fourth-order valence-corrected chi connectivity index (χ4v) is 1.50. The molecule has 0 fully saturated rings. The summed E-state index contributed by atoms with van der Waals surface area (Å²) >= 11 is 0. The van der Waals surface area contributed by atoms with Crippen molar-refractivity contribution in [3.63, 3.8) is 0 Å². The van der Waals surface area contributed by atoms with E-state index in [0.29, 0.717) is 25.1 Å². The van der Waals surface area contributed by atoms with Crippen molar-refractivity contribution in [2.45, 2.75) is 26.3 Å². The molecule has 1 aromatic carbocycles. The van der Waals surface area contributed by atoms with E-state index >= 15 is 0 Å². The first-order chi connectivity index (χ1) is 8.99. The molecule has 0 spiro atoms. The maximum absolute atomic E-state index is 13.0. The Kier molecular flexibility index (Phi) is 5.78. The van der Waals surface area contributed by atoms with Crippen LogP contribution >= 0.6 is 0 Å². The lowest BCUT2D eigenvalue weighted by atomic mass is 10.1. The third-order valence-electron chi connectivity index (χ3n) is 2.53. The molecule has 1 aromatic rings. The van der Waals surface area contributed by atoms with Gasteiger partial charge in [0.1, 0.15) is 5.82 Å². The van der Waals surface area contributed by atoms with Gasteiger partial charge in [-0.2, -0.15) is 0 Å². The zero-order chi connectivity index (χ0) is 14.3. The molecule has 1 rings (SSSR count). The Hall–Kier alpha value is -2.11. The molecule has 0 aliphatic carbocycles. The number of urea groups is 1. The van der Waals surface area contributed by atoms with Gasteiger partial charge in [0.25, 0.3) is 0 Å². The monoisotopic (exact) mass is 268 g/mol. The van der Waals surface area contributed by atoms with Crippen molar-refractivity contribution in [2.75, 3.05) is 6.54 Å². The molecule has 6 heteroatoms. The Balaban J connectivity index is 2.26. The lowest BCUT2D eigenvalue weighted by Gasteiger charge is -2.08. The van der Waals surface area contributed by atoms with Crippen LogP contribution in [0, 0.1) is 12.7 Å². The first kappa shape index (κ1) is 14.9. The van der Waals surface area contributed by atoms with Crippen LogP contribution < -0.4 is 10.6 Å². The summed E-state index contributed by atoms with van der Waals surface area (Å²) in [6.45, 7) is 2.26. The minimum absolute atomic E-state index is 0.0252. The number of nitrogens with one attached hydrogen (secondary N) is 2. The summed E-state index contributed by atoms with van der Waals surface area (Å²) in [4.78, 5) is 21.6. The molecule has 0 heterocycles. The molecular formula is C13H17FN2O3. The van der Waals surface area contributed by atoms with Crippen LogP contribution in [0.15, 0.2) is 18.2 Å². The van der Waals surface area contributed by atoms with E-state index in [1.54, 1.807) is 19.1 Å². The number of hydrogen-bond donors (Lipinski definition) is 3. The summed E-state index contributed by atoms with van der Waals surface area (Å²) in [6, 6.07) is 4.26. The molecule has 0 saturated heterocycles. The van der Waals surface area contributed by atoms with E-state index in [4.69, 9.17) is 5.11 Å². The number of amides is 2. The largest absolute Gasteiger partial charge is 0.481 e. The lowest BCUT2D eigenvalue weighted by Crippen LogP contribution is -2.35. The summed E-state index contributed by atoms with van der Waals surface area (Å²) in [7, 11) is 0. The van der Waals surface area contributed by atoms with E-state index in [1.165, 1.54) is 6.07 Å². The van der Waals surface area contributed by atoms with Crippen LogP contribution in [-0.2, 0) is 11.3 Å². The van der Waals surface area contributed by atoms with E-state index < -0.39 is 5.97 Å².